The summed E-state index contributed by atoms with van der Waals surface area (Å²) in [4.78, 5) is 22.6. The fourth-order valence-corrected chi connectivity index (χ4v) is 3.10. The zero-order valence-corrected chi connectivity index (χ0v) is 10.6. The number of benzene rings is 1. The molecule has 1 heterocycles. The van der Waals surface area contributed by atoms with Gasteiger partial charge in [0, 0.05) is 19.4 Å². The molecule has 9 heteroatoms. The number of nitro groups is 1. The largest absolute Gasteiger partial charge is 0.293 e. The highest BCUT2D eigenvalue weighted by Gasteiger charge is 2.43. The summed E-state index contributed by atoms with van der Waals surface area (Å²) < 4.78 is 31.7. The molecule has 0 saturated heterocycles. The van der Waals surface area contributed by atoms with E-state index >= 15 is 0 Å². The number of carbonyl (C=O) groups excluding carboxylic acids is 1. The molecule has 1 aliphatic rings. The molecule has 1 unspecified atom stereocenters. The molecule has 1 atom stereocenters. The van der Waals surface area contributed by atoms with Crippen molar-refractivity contribution in [3.63, 3.8) is 0 Å². The maximum Gasteiger partial charge on any atom is 0.293 e. The van der Waals surface area contributed by atoms with Gasteiger partial charge in [-0.25, -0.2) is 0 Å². The zero-order valence-electron chi connectivity index (χ0n) is 9.81. The van der Waals surface area contributed by atoms with E-state index in [1.807, 2.05) is 0 Å². The molecular formula is C10H10N2O6S. The lowest BCUT2D eigenvalue weighted by molar-refractivity contribution is -0.384. The van der Waals surface area contributed by atoms with E-state index in [1.54, 1.807) is 0 Å². The summed E-state index contributed by atoms with van der Waals surface area (Å²) in [6.45, 7) is 1.09. The number of nitrogens with zero attached hydrogens (tertiary/aromatic N) is 2. The second-order valence-electron chi connectivity index (χ2n) is 4.10. The third-order valence-corrected chi connectivity index (χ3v) is 3.97. The summed E-state index contributed by atoms with van der Waals surface area (Å²) in [7, 11) is -4.52. The van der Waals surface area contributed by atoms with E-state index < -0.39 is 26.3 Å². The van der Waals surface area contributed by atoms with Crippen LogP contribution in [0.5, 0.6) is 0 Å². The van der Waals surface area contributed by atoms with Gasteiger partial charge in [0.25, 0.3) is 15.8 Å². The minimum atomic E-state index is -4.52. The third kappa shape index (κ3) is 2.17. The van der Waals surface area contributed by atoms with Crippen molar-refractivity contribution in [2.24, 2.45) is 0 Å². The normalized spacial score (nSPS) is 18.2. The highest BCUT2D eigenvalue weighted by atomic mass is 32.2. The summed E-state index contributed by atoms with van der Waals surface area (Å²) >= 11 is 0. The second-order valence-corrected chi connectivity index (χ2v) is 5.68. The topological polar surface area (TPSA) is 118 Å². The molecule has 0 radical (unpaired) electrons. The third-order valence-electron chi connectivity index (χ3n) is 2.90. The Balaban J connectivity index is 2.68. The van der Waals surface area contributed by atoms with Crippen LogP contribution in [0.2, 0.25) is 0 Å². The van der Waals surface area contributed by atoms with Gasteiger partial charge in [-0.1, -0.05) is 12.1 Å². The van der Waals surface area contributed by atoms with E-state index in [1.165, 1.54) is 18.2 Å². The average Bonchev–Trinajstić information content (AvgIpc) is 2.67. The van der Waals surface area contributed by atoms with Gasteiger partial charge in [-0.2, -0.15) is 8.42 Å². The molecule has 2 rings (SSSR count). The van der Waals surface area contributed by atoms with Crippen LogP contribution in [0.25, 0.3) is 0 Å². The van der Waals surface area contributed by atoms with Gasteiger partial charge in [-0.15, -0.1) is 0 Å². The highest BCUT2D eigenvalue weighted by Crippen LogP contribution is 2.40. The molecule has 0 spiro atoms. The van der Waals surface area contributed by atoms with Crippen molar-refractivity contribution in [2.75, 3.05) is 4.90 Å². The SMILES string of the molecule is CC(=O)N1c2c(cccc2[N+](=O)[O-])CC1S(=O)(=O)O. The Bertz CT molecular complexity index is 669. The van der Waals surface area contributed by atoms with Gasteiger partial charge in [-0.05, 0) is 5.56 Å². The molecule has 0 aliphatic carbocycles. The van der Waals surface area contributed by atoms with Crippen molar-refractivity contribution in [1.82, 2.24) is 0 Å². The molecular weight excluding hydrogens is 276 g/mol. The van der Waals surface area contributed by atoms with Gasteiger partial charge in [0.2, 0.25) is 5.91 Å². The van der Waals surface area contributed by atoms with E-state index in [2.05, 4.69) is 0 Å². The van der Waals surface area contributed by atoms with Crippen molar-refractivity contribution < 1.29 is 22.7 Å². The first-order chi connectivity index (χ1) is 8.73. The molecule has 1 N–H and O–H groups in total. The van der Waals surface area contributed by atoms with Gasteiger partial charge < -0.3 is 0 Å². The van der Waals surface area contributed by atoms with E-state index in [9.17, 15) is 23.3 Å². The first-order valence-corrected chi connectivity index (χ1v) is 6.76. The maximum absolute atomic E-state index is 11.6. The Morgan fingerprint density at radius 3 is 2.63 bits per heavy atom. The Hall–Kier alpha value is -2.00. The number of hydrogen-bond acceptors (Lipinski definition) is 5. The highest BCUT2D eigenvalue weighted by molar-refractivity contribution is 7.86. The van der Waals surface area contributed by atoms with Crippen LogP contribution in [0.3, 0.4) is 0 Å². The fraction of sp³-hybridized carbons (Fsp3) is 0.300. The van der Waals surface area contributed by atoms with E-state index in [4.69, 9.17) is 4.55 Å². The lowest BCUT2D eigenvalue weighted by Crippen LogP contribution is -2.41. The summed E-state index contributed by atoms with van der Waals surface area (Å²) in [6.07, 6.45) is -0.171. The predicted molar refractivity (Wildman–Crippen MR) is 65.3 cm³/mol. The number of amides is 1. The Morgan fingerprint density at radius 1 is 1.53 bits per heavy atom. The lowest BCUT2D eigenvalue weighted by Gasteiger charge is -2.21. The van der Waals surface area contributed by atoms with Crippen LogP contribution >= 0.6 is 0 Å². The quantitative estimate of drug-likeness (QED) is 0.486. The van der Waals surface area contributed by atoms with Crippen molar-refractivity contribution in [3.05, 3.63) is 33.9 Å². The van der Waals surface area contributed by atoms with Gasteiger partial charge in [0.1, 0.15) is 5.69 Å². The molecule has 0 bridgehead atoms. The van der Waals surface area contributed by atoms with Crippen molar-refractivity contribution in [1.29, 1.82) is 0 Å². The number of carbonyl (C=O) groups is 1. The molecule has 0 aromatic heterocycles. The molecule has 19 heavy (non-hydrogen) atoms. The van der Waals surface area contributed by atoms with Crippen LogP contribution < -0.4 is 4.90 Å². The van der Waals surface area contributed by atoms with Crippen molar-refractivity contribution in [3.8, 4) is 0 Å². The predicted octanol–water partition coefficient (Wildman–Crippen LogP) is 0.718. The van der Waals surface area contributed by atoms with Crippen LogP contribution in [0.4, 0.5) is 11.4 Å². The van der Waals surface area contributed by atoms with Gasteiger partial charge in [0.05, 0.1) is 4.92 Å². The monoisotopic (exact) mass is 286 g/mol. The minimum Gasteiger partial charge on any atom is -0.286 e. The van der Waals surface area contributed by atoms with Crippen LogP contribution in [0, 0.1) is 10.1 Å². The molecule has 1 aromatic carbocycles. The number of anilines is 1. The van der Waals surface area contributed by atoms with E-state index in [0.29, 0.717) is 5.56 Å². The fourth-order valence-electron chi connectivity index (χ4n) is 2.19. The first kappa shape index (κ1) is 13.4. The molecule has 0 saturated carbocycles. The number of nitro benzene ring substituents is 1. The van der Waals surface area contributed by atoms with E-state index in [-0.39, 0.29) is 17.8 Å². The molecule has 8 nitrogen and oxygen atoms in total. The number of rotatable bonds is 2. The van der Waals surface area contributed by atoms with Gasteiger partial charge >= 0.3 is 0 Å². The van der Waals surface area contributed by atoms with Crippen molar-refractivity contribution in [2.45, 2.75) is 18.7 Å². The number of para-hydroxylation sites is 1. The molecule has 0 fully saturated rings. The minimum absolute atomic E-state index is 0.0670. The molecule has 102 valence electrons. The second kappa shape index (κ2) is 4.28. The lowest BCUT2D eigenvalue weighted by atomic mass is 10.1. The number of fused-ring (bicyclic) bond motifs is 1. The zero-order chi connectivity index (χ0) is 14.4. The summed E-state index contributed by atoms with van der Waals surface area (Å²) in [5.41, 5.74) is -0.0894. The average molecular weight is 286 g/mol. The standard InChI is InChI=1S/C10H10N2O6S/c1-6(13)11-9(19(16,17)18)5-7-3-2-4-8(10(7)11)12(14)15/h2-4,9H,5H2,1H3,(H,16,17,18). The Kier molecular flexibility index (Phi) is 3.03. The molecule has 1 aromatic rings. The Morgan fingerprint density at radius 2 is 2.16 bits per heavy atom. The molecule has 1 amide bonds. The van der Waals surface area contributed by atoms with Gasteiger partial charge in [-0.3, -0.25) is 24.4 Å². The Labute approximate surface area is 108 Å². The maximum atomic E-state index is 11.6. The molecule has 1 aliphatic heterocycles. The summed E-state index contributed by atoms with van der Waals surface area (Å²) in [5, 5.41) is 9.43. The summed E-state index contributed by atoms with van der Waals surface area (Å²) in [5.74, 6) is -0.685. The summed E-state index contributed by atoms with van der Waals surface area (Å²) in [6, 6.07) is 4.08. The van der Waals surface area contributed by atoms with Crippen LogP contribution in [0.1, 0.15) is 12.5 Å². The number of hydrogen-bond donors (Lipinski definition) is 1. The van der Waals surface area contributed by atoms with Gasteiger partial charge in [0.15, 0.2) is 5.37 Å². The first-order valence-electron chi connectivity index (χ1n) is 5.26. The van der Waals surface area contributed by atoms with Crippen molar-refractivity contribution >= 4 is 27.4 Å². The van der Waals surface area contributed by atoms with Crippen LogP contribution in [0.15, 0.2) is 18.2 Å². The smallest absolute Gasteiger partial charge is 0.286 e. The van der Waals surface area contributed by atoms with Crippen LogP contribution in [-0.2, 0) is 21.3 Å². The van der Waals surface area contributed by atoms with E-state index in [0.717, 1.165) is 11.8 Å². The van der Waals surface area contributed by atoms with Crippen LogP contribution in [-0.4, -0.2) is 29.2 Å².